The summed E-state index contributed by atoms with van der Waals surface area (Å²) < 4.78 is 32.8. The van der Waals surface area contributed by atoms with E-state index < -0.39 is 10.0 Å². The van der Waals surface area contributed by atoms with Gasteiger partial charge in [-0.3, -0.25) is 4.90 Å². The van der Waals surface area contributed by atoms with Gasteiger partial charge in [-0.15, -0.1) is 11.3 Å². The van der Waals surface area contributed by atoms with Crippen molar-refractivity contribution in [2.24, 2.45) is 11.3 Å². The summed E-state index contributed by atoms with van der Waals surface area (Å²) in [4.78, 5) is 6.94. The lowest BCUT2D eigenvalue weighted by Crippen LogP contribution is -2.43. The van der Waals surface area contributed by atoms with Crippen LogP contribution in [0.4, 0.5) is 0 Å². The fourth-order valence-electron chi connectivity index (χ4n) is 3.76. The van der Waals surface area contributed by atoms with Crippen LogP contribution in [0, 0.1) is 18.3 Å². The van der Waals surface area contributed by atoms with Crippen LogP contribution in [-0.4, -0.2) is 56.4 Å². The van der Waals surface area contributed by atoms with Crippen LogP contribution in [0.1, 0.15) is 23.5 Å². The number of rotatable bonds is 6. The highest BCUT2D eigenvalue weighted by molar-refractivity contribution is 7.90. The molecule has 0 radical (unpaired) electrons. The average Bonchev–Trinajstić information content (AvgIpc) is 3.07. The van der Waals surface area contributed by atoms with Crippen LogP contribution < -0.4 is 4.72 Å². The molecule has 3 fully saturated rings. The molecule has 8 heteroatoms. The van der Waals surface area contributed by atoms with E-state index in [0.717, 1.165) is 49.8 Å². The highest BCUT2D eigenvalue weighted by Crippen LogP contribution is 2.41. The topological polar surface area (TPSA) is 71.5 Å². The molecule has 4 rings (SSSR count). The van der Waals surface area contributed by atoms with Crippen molar-refractivity contribution in [3.8, 4) is 0 Å². The third kappa shape index (κ3) is 3.19. The number of thiazole rings is 1. The molecule has 0 spiro atoms. The lowest BCUT2D eigenvalue weighted by molar-refractivity contribution is 0.128. The molecule has 1 aliphatic carbocycles. The maximum atomic E-state index is 12.1. The molecule has 0 amide bonds. The Balaban J connectivity index is 1.42. The third-order valence-electron chi connectivity index (χ3n) is 5.23. The van der Waals surface area contributed by atoms with Crippen molar-refractivity contribution in [1.29, 1.82) is 0 Å². The van der Waals surface area contributed by atoms with Gasteiger partial charge in [-0.05, 0) is 19.8 Å². The van der Waals surface area contributed by atoms with E-state index in [4.69, 9.17) is 4.74 Å². The third-order valence-corrected chi connectivity index (χ3v) is 7.95. The van der Waals surface area contributed by atoms with Gasteiger partial charge in [-0.2, -0.15) is 0 Å². The maximum Gasteiger partial charge on any atom is 0.214 e. The number of sulfonamides is 1. The molecular weight excluding hydrogens is 334 g/mol. The van der Waals surface area contributed by atoms with Gasteiger partial charge in [0.1, 0.15) is 0 Å². The second-order valence-corrected chi connectivity index (χ2v) is 10.3. The Bertz CT molecular complexity index is 686. The number of likely N-dealkylation sites (tertiary alicyclic amines) is 1. The van der Waals surface area contributed by atoms with Gasteiger partial charge in [-0.25, -0.2) is 18.1 Å². The summed E-state index contributed by atoms with van der Waals surface area (Å²) >= 11 is 1.68. The zero-order valence-electron chi connectivity index (χ0n) is 13.3. The minimum atomic E-state index is -3.13. The van der Waals surface area contributed by atoms with E-state index in [9.17, 15) is 8.42 Å². The highest BCUT2D eigenvalue weighted by atomic mass is 32.2. The van der Waals surface area contributed by atoms with E-state index in [-0.39, 0.29) is 10.7 Å². The van der Waals surface area contributed by atoms with E-state index in [1.54, 1.807) is 11.3 Å². The van der Waals surface area contributed by atoms with Crippen LogP contribution in [-0.2, 0) is 21.3 Å². The van der Waals surface area contributed by atoms with Crippen molar-refractivity contribution >= 4 is 21.4 Å². The van der Waals surface area contributed by atoms with Crippen LogP contribution in [0.5, 0.6) is 0 Å². The van der Waals surface area contributed by atoms with Gasteiger partial charge in [0, 0.05) is 42.9 Å². The van der Waals surface area contributed by atoms with Crippen LogP contribution >= 0.6 is 11.3 Å². The number of ether oxygens (including phenoxy) is 1. The molecule has 3 heterocycles. The molecule has 0 bridgehead atoms. The number of nitrogens with zero attached hydrogens (tertiary/aromatic N) is 2. The van der Waals surface area contributed by atoms with Crippen LogP contribution in [0.3, 0.4) is 0 Å². The first-order valence-electron chi connectivity index (χ1n) is 8.16. The molecule has 0 aromatic carbocycles. The molecule has 2 aliphatic heterocycles. The Kier molecular flexibility index (Phi) is 4.00. The van der Waals surface area contributed by atoms with Gasteiger partial charge in [0.2, 0.25) is 10.0 Å². The fourth-order valence-corrected chi connectivity index (χ4v) is 5.85. The second kappa shape index (κ2) is 5.77. The van der Waals surface area contributed by atoms with Crippen LogP contribution in [0.2, 0.25) is 0 Å². The van der Waals surface area contributed by atoms with Gasteiger partial charge < -0.3 is 4.74 Å². The molecule has 1 aromatic rings. The Morgan fingerprint density at radius 2 is 2.35 bits per heavy atom. The van der Waals surface area contributed by atoms with Gasteiger partial charge in [-0.1, -0.05) is 0 Å². The maximum absolute atomic E-state index is 12.1. The number of hydrogen-bond donors (Lipinski definition) is 1. The van der Waals surface area contributed by atoms with Crippen molar-refractivity contribution in [3.05, 3.63) is 16.1 Å². The summed E-state index contributed by atoms with van der Waals surface area (Å²) in [5.74, 6) is 0.407. The van der Waals surface area contributed by atoms with E-state index in [0.29, 0.717) is 19.1 Å². The van der Waals surface area contributed by atoms with Crippen molar-refractivity contribution < 1.29 is 13.2 Å². The minimum absolute atomic E-state index is 0.0764. The summed E-state index contributed by atoms with van der Waals surface area (Å²) in [7, 11) is -3.13. The molecule has 3 aliphatic rings. The van der Waals surface area contributed by atoms with E-state index in [1.165, 1.54) is 0 Å². The van der Waals surface area contributed by atoms with Crippen molar-refractivity contribution in [1.82, 2.24) is 14.6 Å². The minimum Gasteiger partial charge on any atom is -0.380 e. The fraction of sp³-hybridized carbons (Fsp3) is 0.800. The monoisotopic (exact) mass is 357 g/mol. The number of aryl methyl sites for hydroxylation is 1. The Hall–Kier alpha value is -0.540. The summed E-state index contributed by atoms with van der Waals surface area (Å²) in [5, 5.41) is 3.05. The Morgan fingerprint density at radius 1 is 1.52 bits per heavy atom. The number of hydrogen-bond acceptors (Lipinski definition) is 6. The van der Waals surface area contributed by atoms with Crippen molar-refractivity contribution in [2.45, 2.75) is 31.6 Å². The average molecular weight is 358 g/mol. The predicted molar refractivity (Wildman–Crippen MR) is 88.8 cm³/mol. The summed E-state index contributed by atoms with van der Waals surface area (Å²) in [6.45, 7) is 6.59. The number of fused-ring (bicyclic) bond motifs is 1. The summed E-state index contributed by atoms with van der Waals surface area (Å²) in [6.07, 6.45) is 1.61. The van der Waals surface area contributed by atoms with Gasteiger partial charge in [0.15, 0.2) is 0 Å². The van der Waals surface area contributed by atoms with E-state index >= 15 is 0 Å². The van der Waals surface area contributed by atoms with Gasteiger partial charge in [0.25, 0.3) is 0 Å². The molecule has 1 N–H and O–H groups in total. The van der Waals surface area contributed by atoms with Crippen LogP contribution in [0.25, 0.3) is 0 Å². The highest BCUT2D eigenvalue weighted by Gasteiger charge is 2.51. The zero-order valence-corrected chi connectivity index (χ0v) is 15.0. The number of nitrogens with one attached hydrogen (secondary N) is 1. The summed E-state index contributed by atoms with van der Waals surface area (Å²) in [5.41, 5.74) is 1.04. The molecule has 23 heavy (non-hydrogen) atoms. The van der Waals surface area contributed by atoms with Gasteiger partial charge in [0.05, 0.1) is 29.2 Å². The molecular formula is C15H23N3O3S2. The first-order valence-corrected chi connectivity index (χ1v) is 10.6. The quantitative estimate of drug-likeness (QED) is 0.822. The van der Waals surface area contributed by atoms with Crippen molar-refractivity contribution in [2.75, 3.05) is 32.8 Å². The zero-order chi connectivity index (χ0) is 16.1. The van der Waals surface area contributed by atoms with E-state index in [1.807, 2.05) is 6.92 Å². The molecule has 2 saturated heterocycles. The molecule has 1 aromatic heterocycles. The molecule has 1 saturated carbocycles. The standard InChI is InChI=1S/C15H23N3O3S2/c1-11-17-13(7-22-11)5-18-4-12-6-21-10-15(12,9-18)8-16-23(19,20)14-2-3-14/h7,12,14,16H,2-6,8-10H2,1H3/t12-,15+/m1/s1. The van der Waals surface area contributed by atoms with Crippen molar-refractivity contribution in [3.63, 3.8) is 0 Å². The molecule has 6 nitrogen and oxygen atoms in total. The van der Waals surface area contributed by atoms with Crippen LogP contribution in [0.15, 0.2) is 5.38 Å². The Morgan fingerprint density at radius 3 is 3.04 bits per heavy atom. The smallest absolute Gasteiger partial charge is 0.214 e. The first kappa shape index (κ1) is 16.0. The molecule has 2 atom stereocenters. The lowest BCUT2D eigenvalue weighted by atomic mass is 9.81. The first-order chi connectivity index (χ1) is 11.0. The molecule has 128 valence electrons. The second-order valence-electron chi connectivity index (χ2n) is 7.17. The number of aromatic nitrogens is 1. The SMILES string of the molecule is Cc1nc(CN2C[C@@H]3COC[C@]3(CNS(=O)(=O)C3CC3)C2)cs1. The van der Waals surface area contributed by atoms with Gasteiger partial charge >= 0.3 is 0 Å². The predicted octanol–water partition coefficient (Wildman–Crippen LogP) is 0.982. The van der Waals surface area contributed by atoms with E-state index in [2.05, 4.69) is 20.0 Å². The normalized spacial score (nSPS) is 31.6. The largest absolute Gasteiger partial charge is 0.380 e. The Labute approximate surface area is 141 Å². The summed E-state index contributed by atoms with van der Waals surface area (Å²) in [6, 6.07) is 0. The lowest BCUT2D eigenvalue weighted by Gasteiger charge is -2.27. The molecule has 0 unspecified atom stereocenters.